The van der Waals surface area contributed by atoms with Gasteiger partial charge in [-0.25, -0.2) is 0 Å². The summed E-state index contributed by atoms with van der Waals surface area (Å²) in [5, 5.41) is 3.51. The molecule has 0 atom stereocenters. The maximum absolute atomic E-state index is 5.31. The molecule has 1 aliphatic carbocycles. The molecule has 1 fully saturated rings. The van der Waals surface area contributed by atoms with E-state index >= 15 is 0 Å². The van der Waals surface area contributed by atoms with Crippen LogP contribution in [-0.2, 0) is 6.42 Å². The van der Waals surface area contributed by atoms with E-state index in [4.69, 9.17) is 9.47 Å². The topological polar surface area (TPSA) is 30.5 Å². The van der Waals surface area contributed by atoms with Gasteiger partial charge in [0.1, 0.15) is 0 Å². The Balaban J connectivity index is 2.03. The molecule has 0 heterocycles. The Labute approximate surface area is 111 Å². The molecular formula is C13H18BrNO2. The Morgan fingerprint density at radius 1 is 1.24 bits per heavy atom. The van der Waals surface area contributed by atoms with Crippen LogP contribution in [0.1, 0.15) is 18.4 Å². The third-order valence-corrected chi connectivity index (χ3v) is 3.70. The van der Waals surface area contributed by atoms with Gasteiger partial charge < -0.3 is 14.8 Å². The normalized spacial score (nSPS) is 14.8. The van der Waals surface area contributed by atoms with Crippen molar-refractivity contribution in [3.63, 3.8) is 0 Å². The second-order valence-corrected chi connectivity index (χ2v) is 5.13. The van der Waals surface area contributed by atoms with E-state index in [9.17, 15) is 0 Å². The molecule has 0 aliphatic heterocycles. The Morgan fingerprint density at radius 2 is 1.88 bits per heavy atom. The van der Waals surface area contributed by atoms with E-state index in [1.54, 1.807) is 14.2 Å². The molecule has 1 aliphatic rings. The molecule has 1 saturated carbocycles. The summed E-state index contributed by atoms with van der Waals surface area (Å²) in [7, 11) is 3.32. The van der Waals surface area contributed by atoms with Gasteiger partial charge in [0.15, 0.2) is 11.5 Å². The van der Waals surface area contributed by atoms with Crippen molar-refractivity contribution >= 4 is 15.9 Å². The molecule has 0 unspecified atom stereocenters. The largest absolute Gasteiger partial charge is 0.493 e. The second-order valence-electron chi connectivity index (χ2n) is 4.28. The van der Waals surface area contributed by atoms with Gasteiger partial charge in [-0.2, -0.15) is 0 Å². The van der Waals surface area contributed by atoms with E-state index in [2.05, 4.69) is 21.2 Å². The summed E-state index contributed by atoms with van der Waals surface area (Å²) in [6, 6.07) is 4.76. The maximum atomic E-state index is 5.31. The molecular weight excluding hydrogens is 282 g/mol. The Morgan fingerprint density at radius 3 is 2.47 bits per heavy atom. The highest BCUT2D eigenvalue weighted by Crippen LogP contribution is 2.33. The van der Waals surface area contributed by atoms with Crippen molar-refractivity contribution < 1.29 is 9.47 Å². The number of halogens is 1. The van der Waals surface area contributed by atoms with Gasteiger partial charge >= 0.3 is 0 Å². The van der Waals surface area contributed by atoms with Crippen molar-refractivity contribution in [2.45, 2.75) is 25.3 Å². The average molecular weight is 300 g/mol. The SMILES string of the molecule is COc1cc(Br)c(CCNC2CC2)cc1OC. The first kappa shape index (κ1) is 12.7. The lowest BCUT2D eigenvalue weighted by Gasteiger charge is -2.12. The molecule has 0 spiro atoms. The summed E-state index contributed by atoms with van der Waals surface area (Å²) in [5.74, 6) is 1.55. The quantitative estimate of drug-likeness (QED) is 0.876. The summed E-state index contributed by atoms with van der Waals surface area (Å²) < 4.78 is 11.6. The van der Waals surface area contributed by atoms with Gasteiger partial charge in [0.25, 0.3) is 0 Å². The molecule has 1 aromatic rings. The number of rotatable bonds is 6. The lowest BCUT2D eigenvalue weighted by molar-refractivity contribution is 0.354. The van der Waals surface area contributed by atoms with Crippen molar-refractivity contribution in [3.8, 4) is 11.5 Å². The first-order valence-corrected chi connectivity index (χ1v) is 6.67. The lowest BCUT2D eigenvalue weighted by atomic mass is 10.1. The summed E-state index contributed by atoms with van der Waals surface area (Å²) in [5.41, 5.74) is 1.25. The summed E-state index contributed by atoms with van der Waals surface area (Å²) >= 11 is 3.57. The molecule has 2 rings (SSSR count). The number of ether oxygens (including phenoxy) is 2. The van der Waals surface area contributed by atoms with Crippen LogP contribution in [0.5, 0.6) is 11.5 Å². The molecule has 4 heteroatoms. The first-order chi connectivity index (χ1) is 8.24. The number of methoxy groups -OCH3 is 2. The van der Waals surface area contributed by atoms with Gasteiger partial charge in [0.05, 0.1) is 14.2 Å². The lowest BCUT2D eigenvalue weighted by Crippen LogP contribution is -2.19. The molecule has 17 heavy (non-hydrogen) atoms. The van der Waals surface area contributed by atoms with E-state index in [-0.39, 0.29) is 0 Å². The predicted molar refractivity (Wildman–Crippen MR) is 72.0 cm³/mol. The molecule has 0 aromatic heterocycles. The smallest absolute Gasteiger partial charge is 0.161 e. The molecule has 0 amide bonds. The van der Waals surface area contributed by atoms with E-state index < -0.39 is 0 Å². The van der Waals surface area contributed by atoms with E-state index in [0.717, 1.165) is 35.0 Å². The van der Waals surface area contributed by atoms with E-state index in [0.29, 0.717) is 0 Å². The van der Waals surface area contributed by atoms with Gasteiger partial charge in [-0.15, -0.1) is 0 Å². The van der Waals surface area contributed by atoms with Crippen LogP contribution in [0.4, 0.5) is 0 Å². The third-order valence-electron chi connectivity index (χ3n) is 2.96. The number of hydrogen-bond donors (Lipinski definition) is 1. The molecule has 94 valence electrons. The van der Waals surface area contributed by atoms with Crippen LogP contribution in [0.3, 0.4) is 0 Å². The number of hydrogen-bond acceptors (Lipinski definition) is 3. The molecule has 0 saturated heterocycles. The van der Waals surface area contributed by atoms with Gasteiger partial charge in [-0.3, -0.25) is 0 Å². The zero-order valence-electron chi connectivity index (χ0n) is 10.3. The van der Waals surface area contributed by atoms with Crippen molar-refractivity contribution in [3.05, 3.63) is 22.2 Å². The van der Waals surface area contributed by atoms with Gasteiger partial charge in [-0.1, -0.05) is 15.9 Å². The average Bonchev–Trinajstić information content (AvgIpc) is 3.14. The summed E-state index contributed by atoms with van der Waals surface area (Å²) in [6.07, 6.45) is 3.65. The zero-order valence-corrected chi connectivity index (χ0v) is 11.8. The minimum atomic E-state index is 0.758. The van der Waals surface area contributed by atoms with Crippen LogP contribution in [-0.4, -0.2) is 26.8 Å². The van der Waals surface area contributed by atoms with Crippen LogP contribution in [0.15, 0.2) is 16.6 Å². The fraction of sp³-hybridized carbons (Fsp3) is 0.538. The highest BCUT2D eigenvalue weighted by atomic mass is 79.9. The Hall–Kier alpha value is -0.740. The van der Waals surface area contributed by atoms with Gasteiger partial charge in [0, 0.05) is 10.5 Å². The monoisotopic (exact) mass is 299 g/mol. The highest BCUT2D eigenvalue weighted by Gasteiger charge is 2.20. The van der Waals surface area contributed by atoms with Crippen LogP contribution < -0.4 is 14.8 Å². The fourth-order valence-electron chi connectivity index (χ4n) is 1.79. The highest BCUT2D eigenvalue weighted by molar-refractivity contribution is 9.10. The fourth-order valence-corrected chi connectivity index (χ4v) is 2.31. The molecule has 1 aromatic carbocycles. The minimum absolute atomic E-state index is 0.758. The zero-order chi connectivity index (χ0) is 12.3. The van der Waals surface area contributed by atoms with E-state index in [1.807, 2.05) is 12.1 Å². The van der Waals surface area contributed by atoms with Crippen molar-refractivity contribution in [2.75, 3.05) is 20.8 Å². The molecule has 1 N–H and O–H groups in total. The van der Waals surface area contributed by atoms with Gasteiger partial charge in [-0.05, 0) is 43.5 Å². The van der Waals surface area contributed by atoms with Crippen LogP contribution in [0.2, 0.25) is 0 Å². The van der Waals surface area contributed by atoms with Crippen LogP contribution >= 0.6 is 15.9 Å². The van der Waals surface area contributed by atoms with Crippen molar-refractivity contribution in [1.29, 1.82) is 0 Å². The van der Waals surface area contributed by atoms with Crippen molar-refractivity contribution in [2.24, 2.45) is 0 Å². The predicted octanol–water partition coefficient (Wildman–Crippen LogP) is 2.76. The summed E-state index contributed by atoms with van der Waals surface area (Å²) in [6.45, 7) is 1.01. The van der Waals surface area contributed by atoms with Crippen molar-refractivity contribution in [1.82, 2.24) is 5.32 Å². The van der Waals surface area contributed by atoms with Gasteiger partial charge in [0.2, 0.25) is 0 Å². The standard InChI is InChI=1S/C13H18BrNO2/c1-16-12-7-9(5-6-15-10-3-4-10)11(14)8-13(12)17-2/h7-8,10,15H,3-6H2,1-2H3. The van der Waals surface area contributed by atoms with Crippen LogP contribution in [0.25, 0.3) is 0 Å². The maximum Gasteiger partial charge on any atom is 0.161 e. The molecule has 0 radical (unpaired) electrons. The van der Waals surface area contributed by atoms with E-state index in [1.165, 1.54) is 18.4 Å². The second kappa shape index (κ2) is 5.74. The summed E-state index contributed by atoms with van der Waals surface area (Å²) in [4.78, 5) is 0. The first-order valence-electron chi connectivity index (χ1n) is 5.88. The Bertz CT molecular complexity index is 391. The van der Waals surface area contributed by atoms with Crippen LogP contribution in [0, 0.1) is 0 Å². The minimum Gasteiger partial charge on any atom is -0.493 e. The molecule has 0 bridgehead atoms. The molecule has 3 nitrogen and oxygen atoms in total. The number of nitrogens with one attached hydrogen (secondary N) is 1. The Kier molecular flexibility index (Phi) is 4.29. The third kappa shape index (κ3) is 3.36. The number of benzene rings is 1.